The van der Waals surface area contributed by atoms with Gasteiger partial charge in [0.1, 0.15) is 0 Å². The lowest BCUT2D eigenvalue weighted by atomic mass is 10.1. The van der Waals surface area contributed by atoms with Gasteiger partial charge in [0, 0.05) is 19.7 Å². The maximum Gasteiger partial charge on any atom is 0.239 e. The zero-order valence-corrected chi connectivity index (χ0v) is 13.3. The highest BCUT2D eigenvalue weighted by Gasteiger charge is 2.27. The first kappa shape index (κ1) is 18.0. The Morgan fingerprint density at radius 1 is 1.43 bits per heavy atom. The Bertz CT molecular complexity index is 426. The first-order chi connectivity index (χ1) is 9.66. The predicted molar refractivity (Wildman–Crippen MR) is 86.6 cm³/mol. The molecule has 2 rings (SSSR count). The predicted octanol–water partition coefficient (Wildman–Crippen LogP) is 2.01. The van der Waals surface area contributed by atoms with Crippen LogP contribution < -0.4 is 5.73 Å². The minimum Gasteiger partial charge on any atom is -0.376 e. The van der Waals surface area contributed by atoms with Crippen molar-refractivity contribution in [1.29, 1.82) is 0 Å². The summed E-state index contributed by atoms with van der Waals surface area (Å²) >= 11 is 0. The number of amides is 1. The van der Waals surface area contributed by atoms with Crippen LogP contribution in [0.2, 0.25) is 0 Å². The molecule has 0 aliphatic carbocycles. The Hall–Kier alpha value is -1.10. The average Bonchev–Trinajstić information content (AvgIpc) is 2.92. The highest BCUT2D eigenvalue weighted by atomic mass is 35.5. The van der Waals surface area contributed by atoms with E-state index >= 15 is 0 Å². The third kappa shape index (κ3) is 5.65. The van der Waals surface area contributed by atoms with Crippen molar-refractivity contribution in [3.8, 4) is 0 Å². The van der Waals surface area contributed by atoms with Crippen LogP contribution in [0.1, 0.15) is 25.3 Å². The molecule has 118 valence electrons. The summed E-state index contributed by atoms with van der Waals surface area (Å²) in [5.41, 5.74) is 6.96. The van der Waals surface area contributed by atoms with Crippen LogP contribution >= 0.6 is 12.4 Å². The summed E-state index contributed by atoms with van der Waals surface area (Å²) in [5.74, 6) is 0.0281. The summed E-state index contributed by atoms with van der Waals surface area (Å²) in [6.45, 7) is 3.94. The van der Waals surface area contributed by atoms with Gasteiger partial charge in [-0.25, -0.2) is 0 Å². The Morgan fingerprint density at radius 3 is 2.81 bits per heavy atom. The standard InChI is InChI=1S/C16H24N2O2.ClH/c1-13(17)16(19)18-10-9-15(12-18)20-11-5-8-14-6-3-2-4-7-14;/h2-4,6-7,13,15H,5,8-12,17H2,1H3;1H/t13-,15?;/m1./s1. The van der Waals surface area contributed by atoms with Crippen LogP contribution in [0.15, 0.2) is 30.3 Å². The Morgan fingerprint density at radius 2 is 2.14 bits per heavy atom. The smallest absolute Gasteiger partial charge is 0.239 e. The van der Waals surface area contributed by atoms with Crippen molar-refractivity contribution in [2.45, 2.75) is 38.3 Å². The summed E-state index contributed by atoms with van der Waals surface area (Å²) in [5, 5.41) is 0. The van der Waals surface area contributed by atoms with Crippen molar-refractivity contribution in [2.75, 3.05) is 19.7 Å². The fourth-order valence-electron chi connectivity index (χ4n) is 2.52. The molecule has 1 unspecified atom stereocenters. The van der Waals surface area contributed by atoms with Crippen molar-refractivity contribution in [3.05, 3.63) is 35.9 Å². The number of halogens is 1. The third-order valence-corrected chi connectivity index (χ3v) is 3.65. The second-order valence-corrected chi connectivity index (χ2v) is 5.44. The van der Waals surface area contributed by atoms with E-state index in [2.05, 4.69) is 24.3 Å². The lowest BCUT2D eigenvalue weighted by Gasteiger charge is -2.18. The second kappa shape index (κ2) is 9.03. The molecule has 1 aromatic rings. The van der Waals surface area contributed by atoms with Crippen LogP contribution in [0.25, 0.3) is 0 Å². The van der Waals surface area contributed by atoms with Crippen molar-refractivity contribution < 1.29 is 9.53 Å². The number of carbonyl (C=O) groups excluding carboxylic acids is 1. The van der Waals surface area contributed by atoms with Crippen LogP contribution in [0, 0.1) is 0 Å². The van der Waals surface area contributed by atoms with Crippen LogP contribution in [-0.4, -0.2) is 42.6 Å². The quantitative estimate of drug-likeness (QED) is 0.818. The van der Waals surface area contributed by atoms with Gasteiger partial charge in [-0.05, 0) is 31.7 Å². The Kier molecular flexibility index (Phi) is 7.72. The van der Waals surface area contributed by atoms with Gasteiger partial charge < -0.3 is 15.4 Å². The monoisotopic (exact) mass is 312 g/mol. The first-order valence-electron chi connectivity index (χ1n) is 7.36. The van der Waals surface area contributed by atoms with Crippen molar-refractivity contribution in [3.63, 3.8) is 0 Å². The largest absolute Gasteiger partial charge is 0.376 e. The van der Waals surface area contributed by atoms with Gasteiger partial charge >= 0.3 is 0 Å². The fraction of sp³-hybridized carbons (Fsp3) is 0.562. The van der Waals surface area contributed by atoms with E-state index in [-0.39, 0.29) is 24.4 Å². The molecule has 2 atom stereocenters. The SMILES string of the molecule is C[C@@H](N)C(=O)N1CCC(OCCCc2ccccc2)C1.Cl. The van der Waals surface area contributed by atoms with Crippen molar-refractivity contribution in [1.82, 2.24) is 4.90 Å². The van der Waals surface area contributed by atoms with Crippen LogP contribution in [0.5, 0.6) is 0 Å². The van der Waals surface area contributed by atoms with Gasteiger partial charge in [-0.1, -0.05) is 30.3 Å². The highest BCUT2D eigenvalue weighted by Crippen LogP contribution is 2.14. The molecule has 1 saturated heterocycles. The van der Waals surface area contributed by atoms with Gasteiger partial charge in [0.05, 0.1) is 12.1 Å². The van der Waals surface area contributed by atoms with E-state index in [1.54, 1.807) is 6.92 Å². The first-order valence-corrected chi connectivity index (χ1v) is 7.36. The zero-order chi connectivity index (χ0) is 14.4. The molecule has 1 amide bonds. The molecule has 2 N–H and O–H groups in total. The van der Waals surface area contributed by atoms with Gasteiger partial charge in [0.25, 0.3) is 0 Å². The van der Waals surface area contributed by atoms with E-state index in [4.69, 9.17) is 10.5 Å². The third-order valence-electron chi connectivity index (χ3n) is 3.65. The van der Waals surface area contributed by atoms with Gasteiger partial charge in [-0.2, -0.15) is 0 Å². The highest BCUT2D eigenvalue weighted by molar-refractivity contribution is 5.85. The number of benzene rings is 1. The summed E-state index contributed by atoms with van der Waals surface area (Å²) < 4.78 is 5.85. The Labute approximate surface area is 133 Å². The molecule has 5 heteroatoms. The molecule has 1 aliphatic rings. The molecule has 0 bridgehead atoms. The lowest BCUT2D eigenvalue weighted by Crippen LogP contribution is -2.41. The van der Waals surface area contributed by atoms with E-state index in [1.807, 2.05) is 11.0 Å². The lowest BCUT2D eigenvalue weighted by molar-refractivity contribution is -0.131. The normalized spacial score (nSPS) is 19.1. The van der Waals surface area contributed by atoms with E-state index in [1.165, 1.54) is 5.56 Å². The number of likely N-dealkylation sites (tertiary alicyclic amines) is 1. The maximum absolute atomic E-state index is 11.8. The number of ether oxygens (including phenoxy) is 1. The molecule has 0 aromatic heterocycles. The number of hydrogen-bond donors (Lipinski definition) is 1. The molecule has 0 spiro atoms. The van der Waals surface area contributed by atoms with Crippen LogP contribution in [0.4, 0.5) is 0 Å². The van der Waals surface area contributed by atoms with Gasteiger partial charge in [-0.15, -0.1) is 12.4 Å². The Balaban J connectivity index is 0.00000220. The van der Waals surface area contributed by atoms with E-state index in [0.29, 0.717) is 6.54 Å². The number of nitrogens with two attached hydrogens (primary N) is 1. The van der Waals surface area contributed by atoms with E-state index in [0.717, 1.165) is 32.4 Å². The van der Waals surface area contributed by atoms with Crippen molar-refractivity contribution >= 4 is 18.3 Å². The average molecular weight is 313 g/mol. The second-order valence-electron chi connectivity index (χ2n) is 5.44. The maximum atomic E-state index is 11.8. The summed E-state index contributed by atoms with van der Waals surface area (Å²) in [6.07, 6.45) is 3.15. The number of hydrogen-bond acceptors (Lipinski definition) is 3. The molecule has 1 aromatic carbocycles. The summed E-state index contributed by atoms with van der Waals surface area (Å²) in [6, 6.07) is 10.0. The molecule has 1 fully saturated rings. The molecule has 0 radical (unpaired) electrons. The molecule has 0 saturated carbocycles. The van der Waals surface area contributed by atoms with Gasteiger partial charge in [0.2, 0.25) is 5.91 Å². The van der Waals surface area contributed by atoms with Gasteiger partial charge in [0.15, 0.2) is 0 Å². The number of aryl methyl sites for hydroxylation is 1. The minimum absolute atomic E-state index is 0. The summed E-state index contributed by atoms with van der Waals surface area (Å²) in [7, 11) is 0. The molecular weight excluding hydrogens is 288 g/mol. The van der Waals surface area contributed by atoms with Crippen LogP contribution in [-0.2, 0) is 16.0 Å². The van der Waals surface area contributed by atoms with Crippen LogP contribution in [0.3, 0.4) is 0 Å². The molecule has 4 nitrogen and oxygen atoms in total. The number of rotatable bonds is 6. The summed E-state index contributed by atoms with van der Waals surface area (Å²) in [4.78, 5) is 13.6. The van der Waals surface area contributed by atoms with E-state index in [9.17, 15) is 4.79 Å². The molecular formula is C16H25ClN2O2. The topological polar surface area (TPSA) is 55.6 Å². The molecule has 1 heterocycles. The number of nitrogens with zero attached hydrogens (tertiary/aromatic N) is 1. The molecule has 21 heavy (non-hydrogen) atoms. The molecule has 1 aliphatic heterocycles. The minimum atomic E-state index is -0.410. The van der Waals surface area contributed by atoms with Gasteiger partial charge in [-0.3, -0.25) is 4.79 Å². The van der Waals surface area contributed by atoms with E-state index < -0.39 is 6.04 Å². The number of carbonyl (C=O) groups is 1. The van der Waals surface area contributed by atoms with Crippen molar-refractivity contribution in [2.24, 2.45) is 5.73 Å². The zero-order valence-electron chi connectivity index (χ0n) is 12.5. The fourth-order valence-corrected chi connectivity index (χ4v) is 2.52.